The topological polar surface area (TPSA) is 64.7 Å². The van der Waals surface area contributed by atoms with E-state index in [1.807, 2.05) is 7.05 Å². The number of hydrogen-bond acceptors (Lipinski definition) is 3. The first-order chi connectivity index (χ1) is 8.56. The van der Waals surface area contributed by atoms with Crippen LogP contribution in [0.5, 0.6) is 0 Å². The number of amidine groups is 1. The predicted octanol–water partition coefficient (Wildman–Crippen LogP) is 2.13. The average molecular weight is 252 g/mol. The zero-order valence-electron chi connectivity index (χ0n) is 11.1. The molecule has 2 unspecified atom stereocenters. The Hall–Kier alpha value is -1.20. The van der Waals surface area contributed by atoms with Crippen molar-refractivity contribution in [2.45, 2.75) is 51.4 Å². The third-order valence-corrected chi connectivity index (χ3v) is 3.75. The van der Waals surface area contributed by atoms with Crippen LogP contribution in [0, 0.1) is 0 Å². The monoisotopic (exact) mass is 252 g/mol. The number of nitrogens with zero attached hydrogens (tertiary/aromatic N) is 2. The lowest BCUT2D eigenvalue weighted by molar-refractivity contribution is -0.830. The van der Waals surface area contributed by atoms with Gasteiger partial charge in [0.2, 0.25) is 6.23 Å². The van der Waals surface area contributed by atoms with E-state index in [0.717, 1.165) is 19.3 Å². The van der Waals surface area contributed by atoms with Crippen LogP contribution in [0.4, 0.5) is 4.79 Å². The Bertz CT molecular complexity index is 392. The number of carbonyl (C=O) groups excluding carboxylic acids is 1. The van der Waals surface area contributed by atoms with Crippen LogP contribution >= 0.6 is 0 Å². The number of nitrogens with two attached hydrogens (primary N) is 1. The fourth-order valence-electron chi connectivity index (χ4n) is 2.50. The van der Waals surface area contributed by atoms with Crippen LogP contribution in [0.1, 0.15) is 39.0 Å². The molecule has 0 spiro atoms. The summed E-state index contributed by atoms with van der Waals surface area (Å²) in [6.45, 7) is 2.18. The number of quaternary nitrogens is 1. The Morgan fingerprint density at radius 2 is 2.33 bits per heavy atom. The normalized spacial score (nSPS) is 35.9. The molecule has 5 heteroatoms. The van der Waals surface area contributed by atoms with Crippen LogP contribution in [-0.2, 0) is 4.74 Å². The lowest BCUT2D eigenvalue weighted by Crippen LogP contribution is -2.53. The summed E-state index contributed by atoms with van der Waals surface area (Å²) in [5.41, 5.74) is 5.53. The standard InChI is InChI=1S/C13H21N3O2/c1-3-4-5-10-6-7-12(18-10)16(2)9-8-11(14)15-13(16)17/h8-10,12H,3-7H2,1-2H3,(H-,14,15,17)/p+1/t10?,12-,16?/m1/s1. The highest BCUT2D eigenvalue weighted by Gasteiger charge is 2.45. The van der Waals surface area contributed by atoms with Gasteiger partial charge in [-0.25, -0.2) is 4.79 Å². The van der Waals surface area contributed by atoms with Gasteiger partial charge >= 0.3 is 6.03 Å². The molecule has 2 heterocycles. The minimum Gasteiger partial charge on any atom is -0.383 e. The van der Waals surface area contributed by atoms with E-state index in [4.69, 9.17) is 10.5 Å². The van der Waals surface area contributed by atoms with Crippen molar-refractivity contribution in [3.8, 4) is 0 Å². The largest absolute Gasteiger partial charge is 0.451 e. The van der Waals surface area contributed by atoms with E-state index in [1.165, 1.54) is 12.8 Å². The molecule has 2 N–H and O–H groups in total. The molecule has 2 aliphatic rings. The fourth-order valence-corrected chi connectivity index (χ4v) is 2.50. The number of rotatable bonds is 4. The Labute approximate surface area is 108 Å². The molecule has 0 aliphatic carbocycles. The molecule has 2 rings (SSSR count). The third kappa shape index (κ3) is 2.47. The Kier molecular flexibility index (Phi) is 3.82. The summed E-state index contributed by atoms with van der Waals surface area (Å²) >= 11 is 0. The summed E-state index contributed by atoms with van der Waals surface area (Å²) < 4.78 is 6.09. The highest BCUT2D eigenvalue weighted by atomic mass is 16.5. The smallest absolute Gasteiger partial charge is 0.383 e. The molecule has 2 amide bonds. The number of unbranched alkanes of at least 4 members (excludes halogenated alkanes) is 1. The molecule has 5 nitrogen and oxygen atoms in total. The molecular formula is C13H22N3O2+. The summed E-state index contributed by atoms with van der Waals surface area (Å²) in [6.07, 6.45) is 9.00. The van der Waals surface area contributed by atoms with Crippen LogP contribution < -0.4 is 5.73 Å². The van der Waals surface area contributed by atoms with Crippen molar-refractivity contribution in [1.82, 2.24) is 0 Å². The van der Waals surface area contributed by atoms with Gasteiger partial charge in [-0.1, -0.05) is 19.8 Å². The Morgan fingerprint density at radius 3 is 3.00 bits per heavy atom. The highest BCUT2D eigenvalue weighted by molar-refractivity contribution is 5.99. The highest BCUT2D eigenvalue weighted by Crippen LogP contribution is 2.31. The SMILES string of the molecule is CCCCC1CC[C@H]([N+]2(C)C=CC(N)=NC2=O)O1. The lowest BCUT2D eigenvalue weighted by Gasteiger charge is -2.32. The molecule has 0 saturated carbocycles. The molecule has 18 heavy (non-hydrogen) atoms. The maximum Gasteiger partial charge on any atom is 0.451 e. The minimum atomic E-state index is -0.240. The molecule has 0 aromatic heterocycles. The number of aliphatic imine (C=N–C) groups is 1. The van der Waals surface area contributed by atoms with Gasteiger partial charge < -0.3 is 10.5 Å². The molecule has 100 valence electrons. The van der Waals surface area contributed by atoms with E-state index in [-0.39, 0.29) is 28.7 Å². The molecule has 0 radical (unpaired) electrons. The Balaban J connectivity index is 2.01. The molecule has 0 aromatic carbocycles. The molecule has 0 aromatic rings. The van der Waals surface area contributed by atoms with Crippen molar-refractivity contribution in [2.75, 3.05) is 7.05 Å². The molecule has 2 aliphatic heterocycles. The summed E-state index contributed by atoms with van der Waals surface area (Å²) in [5.74, 6) is 0.274. The number of hydrogen-bond donors (Lipinski definition) is 1. The van der Waals surface area contributed by atoms with Crippen molar-refractivity contribution in [1.29, 1.82) is 0 Å². The number of amides is 2. The van der Waals surface area contributed by atoms with Crippen molar-refractivity contribution < 1.29 is 14.0 Å². The molecular weight excluding hydrogens is 230 g/mol. The Morgan fingerprint density at radius 1 is 1.56 bits per heavy atom. The van der Waals surface area contributed by atoms with Gasteiger partial charge in [0.25, 0.3) is 0 Å². The third-order valence-electron chi connectivity index (χ3n) is 3.75. The summed E-state index contributed by atoms with van der Waals surface area (Å²) in [5, 5.41) is 0. The van der Waals surface area contributed by atoms with Crippen LogP contribution in [0.2, 0.25) is 0 Å². The van der Waals surface area contributed by atoms with Crippen molar-refractivity contribution in [2.24, 2.45) is 10.7 Å². The molecule has 1 saturated heterocycles. The molecule has 3 atom stereocenters. The van der Waals surface area contributed by atoms with Crippen LogP contribution in [0.25, 0.3) is 0 Å². The van der Waals surface area contributed by atoms with E-state index in [2.05, 4.69) is 11.9 Å². The van der Waals surface area contributed by atoms with Crippen molar-refractivity contribution in [3.63, 3.8) is 0 Å². The second-order valence-corrected chi connectivity index (χ2v) is 5.21. The van der Waals surface area contributed by atoms with Gasteiger partial charge in [-0.3, -0.25) is 0 Å². The van der Waals surface area contributed by atoms with E-state index >= 15 is 0 Å². The van der Waals surface area contributed by atoms with Gasteiger partial charge in [-0.2, -0.15) is 4.48 Å². The average Bonchev–Trinajstić information content (AvgIpc) is 2.81. The van der Waals surface area contributed by atoms with Gasteiger partial charge in [0, 0.05) is 12.5 Å². The summed E-state index contributed by atoms with van der Waals surface area (Å²) in [7, 11) is 1.83. The van der Waals surface area contributed by atoms with Crippen LogP contribution in [0.3, 0.4) is 0 Å². The predicted molar refractivity (Wildman–Crippen MR) is 69.8 cm³/mol. The van der Waals surface area contributed by atoms with Gasteiger partial charge in [0.1, 0.15) is 12.0 Å². The number of ether oxygens (including phenoxy) is 1. The summed E-state index contributed by atoms with van der Waals surface area (Å²) in [6, 6.07) is -0.240. The van der Waals surface area contributed by atoms with Crippen LogP contribution in [-0.4, -0.2) is 35.7 Å². The van der Waals surface area contributed by atoms with Crippen molar-refractivity contribution >= 4 is 11.9 Å². The van der Waals surface area contributed by atoms with E-state index < -0.39 is 0 Å². The lowest BCUT2D eigenvalue weighted by atomic mass is 10.1. The van der Waals surface area contributed by atoms with E-state index in [0.29, 0.717) is 0 Å². The van der Waals surface area contributed by atoms with Gasteiger partial charge in [-0.15, -0.1) is 4.99 Å². The fraction of sp³-hybridized carbons (Fsp3) is 0.692. The van der Waals surface area contributed by atoms with E-state index in [1.54, 1.807) is 12.3 Å². The first kappa shape index (κ1) is 13.2. The minimum absolute atomic E-state index is 0.0866. The van der Waals surface area contributed by atoms with E-state index in [9.17, 15) is 4.79 Å². The summed E-state index contributed by atoms with van der Waals surface area (Å²) in [4.78, 5) is 15.8. The van der Waals surface area contributed by atoms with Gasteiger partial charge in [0.05, 0.1) is 13.2 Å². The first-order valence-corrected chi connectivity index (χ1v) is 6.65. The van der Waals surface area contributed by atoms with Gasteiger partial charge in [-0.05, 0) is 12.8 Å². The van der Waals surface area contributed by atoms with Crippen LogP contribution in [0.15, 0.2) is 17.3 Å². The number of carbonyl (C=O) groups is 1. The number of urea groups is 1. The first-order valence-electron chi connectivity index (χ1n) is 6.65. The zero-order chi connectivity index (χ0) is 13.2. The molecule has 0 bridgehead atoms. The second-order valence-electron chi connectivity index (χ2n) is 5.21. The maximum atomic E-state index is 12.0. The second kappa shape index (κ2) is 5.20. The quantitative estimate of drug-likeness (QED) is 0.779. The molecule has 1 fully saturated rings. The maximum absolute atomic E-state index is 12.0. The van der Waals surface area contributed by atoms with Gasteiger partial charge in [0.15, 0.2) is 0 Å². The zero-order valence-corrected chi connectivity index (χ0v) is 11.1. The van der Waals surface area contributed by atoms with Crippen molar-refractivity contribution in [3.05, 3.63) is 12.3 Å².